The first-order valence-electron chi connectivity index (χ1n) is 7.72. The van der Waals surface area contributed by atoms with Crippen LogP contribution in [0.25, 0.3) is 11.1 Å². The topological polar surface area (TPSA) is 49.5 Å². The van der Waals surface area contributed by atoms with Crippen molar-refractivity contribution in [2.75, 3.05) is 13.2 Å². The van der Waals surface area contributed by atoms with Crippen molar-refractivity contribution in [3.05, 3.63) is 65.3 Å². The average Bonchev–Trinajstić information content (AvgIpc) is 2.96. The molecule has 0 bridgehead atoms. The number of hydrogen-bond acceptors (Lipinski definition) is 4. The molecule has 3 aromatic rings. The van der Waals surface area contributed by atoms with Gasteiger partial charge in [-0.1, -0.05) is 24.3 Å². The first kappa shape index (κ1) is 14.4. The molecular weight excluding hydrogens is 295 g/mol. The van der Waals surface area contributed by atoms with Crippen LogP contribution in [0, 0.1) is 5.82 Å². The quantitative estimate of drug-likeness (QED) is 0.807. The first-order valence-corrected chi connectivity index (χ1v) is 7.72. The van der Waals surface area contributed by atoms with Crippen molar-refractivity contribution in [1.82, 2.24) is 9.88 Å². The van der Waals surface area contributed by atoms with E-state index in [9.17, 15) is 9.50 Å². The minimum absolute atomic E-state index is 0.0475. The Hall–Kier alpha value is -2.24. The number of oxazole rings is 1. The molecule has 4 nitrogen and oxygen atoms in total. The van der Waals surface area contributed by atoms with E-state index >= 15 is 0 Å². The van der Waals surface area contributed by atoms with E-state index in [-0.39, 0.29) is 18.5 Å². The molecule has 23 heavy (non-hydrogen) atoms. The van der Waals surface area contributed by atoms with Crippen molar-refractivity contribution in [3.8, 4) is 0 Å². The Morgan fingerprint density at radius 2 is 2.13 bits per heavy atom. The van der Waals surface area contributed by atoms with Crippen molar-refractivity contribution in [1.29, 1.82) is 0 Å². The van der Waals surface area contributed by atoms with Crippen LogP contribution >= 0.6 is 0 Å². The van der Waals surface area contributed by atoms with Crippen LogP contribution < -0.4 is 0 Å². The summed E-state index contributed by atoms with van der Waals surface area (Å²) in [6.45, 7) is 1.37. The molecule has 0 aliphatic carbocycles. The predicted octanol–water partition coefficient (Wildman–Crippen LogP) is 3.06. The van der Waals surface area contributed by atoms with Gasteiger partial charge in [-0.05, 0) is 29.7 Å². The fourth-order valence-corrected chi connectivity index (χ4v) is 3.30. The van der Waals surface area contributed by atoms with Crippen molar-refractivity contribution in [2.45, 2.75) is 19.0 Å². The third-order valence-corrected chi connectivity index (χ3v) is 4.43. The Balaban J connectivity index is 1.62. The van der Waals surface area contributed by atoms with Crippen molar-refractivity contribution in [2.24, 2.45) is 0 Å². The van der Waals surface area contributed by atoms with Gasteiger partial charge in [0.2, 0.25) is 5.89 Å². The normalized spacial score (nSPS) is 18.3. The summed E-state index contributed by atoms with van der Waals surface area (Å²) >= 11 is 0. The van der Waals surface area contributed by atoms with Gasteiger partial charge in [0.1, 0.15) is 11.3 Å². The molecule has 1 atom stereocenters. The summed E-state index contributed by atoms with van der Waals surface area (Å²) < 4.78 is 19.0. The van der Waals surface area contributed by atoms with Gasteiger partial charge in [0.15, 0.2) is 5.58 Å². The highest BCUT2D eigenvalue weighted by Gasteiger charge is 2.27. The number of fused-ring (bicyclic) bond motifs is 2. The molecule has 0 radical (unpaired) electrons. The Morgan fingerprint density at radius 1 is 1.26 bits per heavy atom. The Labute approximate surface area is 133 Å². The third kappa shape index (κ3) is 2.62. The molecule has 4 rings (SSSR count). The molecule has 0 spiro atoms. The monoisotopic (exact) mass is 312 g/mol. The molecule has 1 aliphatic heterocycles. The molecule has 0 saturated heterocycles. The van der Waals surface area contributed by atoms with Crippen LogP contribution in [0.3, 0.4) is 0 Å². The van der Waals surface area contributed by atoms with E-state index in [4.69, 9.17) is 4.42 Å². The molecular formula is C18H17FN2O2. The van der Waals surface area contributed by atoms with Crippen molar-refractivity contribution in [3.63, 3.8) is 0 Å². The van der Waals surface area contributed by atoms with Gasteiger partial charge in [-0.3, -0.25) is 4.90 Å². The molecule has 1 N–H and O–H groups in total. The highest BCUT2D eigenvalue weighted by atomic mass is 19.1. The highest BCUT2D eigenvalue weighted by Crippen LogP contribution is 2.30. The molecule has 1 unspecified atom stereocenters. The number of hydrogen-bond donors (Lipinski definition) is 1. The van der Waals surface area contributed by atoms with Gasteiger partial charge in [0.05, 0.1) is 19.2 Å². The average molecular weight is 312 g/mol. The molecule has 0 fully saturated rings. The summed E-state index contributed by atoms with van der Waals surface area (Å²) in [5.74, 6) is 0.223. The minimum atomic E-state index is -0.322. The summed E-state index contributed by atoms with van der Waals surface area (Å²) in [5.41, 5.74) is 3.54. The SMILES string of the molecule is OCC1c2ccccc2CCN1Cc1nc2cc(F)ccc2o1. The lowest BCUT2D eigenvalue weighted by atomic mass is 9.93. The zero-order valence-corrected chi connectivity index (χ0v) is 12.6. The third-order valence-electron chi connectivity index (χ3n) is 4.43. The summed E-state index contributed by atoms with van der Waals surface area (Å²) in [6.07, 6.45) is 0.932. The number of aliphatic hydroxyl groups is 1. The van der Waals surface area contributed by atoms with Gasteiger partial charge < -0.3 is 9.52 Å². The van der Waals surface area contributed by atoms with Crippen molar-refractivity contribution >= 4 is 11.1 Å². The largest absolute Gasteiger partial charge is 0.439 e. The maximum Gasteiger partial charge on any atom is 0.209 e. The second kappa shape index (κ2) is 5.76. The summed E-state index contributed by atoms with van der Waals surface area (Å²) in [6, 6.07) is 12.5. The fraction of sp³-hybridized carbons (Fsp3) is 0.278. The number of benzene rings is 2. The van der Waals surface area contributed by atoms with Gasteiger partial charge in [-0.25, -0.2) is 9.37 Å². The predicted molar refractivity (Wildman–Crippen MR) is 84.3 cm³/mol. The number of rotatable bonds is 3. The number of aromatic nitrogens is 1. The Morgan fingerprint density at radius 3 is 3.00 bits per heavy atom. The molecule has 118 valence electrons. The van der Waals surface area contributed by atoms with Crippen LogP contribution in [-0.4, -0.2) is 28.1 Å². The van der Waals surface area contributed by atoms with E-state index in [1.807, 2.05) is 12.1 Å². The second-order valence-corrected chi connectivity index (χ2v) is 5.84. The molecule has 5 heteroatoms. The van der Waals surface area contributed by atoms with Gasteiger partial charge in [0, 0.05) is 12.6 Å². The Bertz CT molecular complexity index is 846. The molecule has 1 aromatic heterocycles. The van der Waals surface area contributed by atoms with E-state index in [1.165, 1.54) is 17.7 Å². The Kier molecular flexibility index (Phi) is 3.59. The maximum absolute atomic E-state index is 13.3. The lowest BCUT2D eigenvalue weighted by molar-refractivity contribution is 0.100. The van der Waals surface area contributed by atoms with Gasteiger partial charge in [-0.2, -0.15) is 0 Å². The van der Waals surface area contributed by atoms with Crippen LogP contribution in [0.15, 0.2) is 46.9 Å². The number of nitrogens with zero attached hydrogens (tertiary/aromatic N) is 2. The number of halogens is 1. The van der Waals surface area contributed by atoms with Crippen molar-refractivity contribution < 1.29 is 13.9 Å². The smallest absolute Gasteiger partial charge is 0.209 e. The summed E-state index contributed by atoms with van der Waals surface area (Å²) in [5, 5.41) is 9.82. The molecule has 0 saturated carbocycles. The first-order chi connectivity index (χ1) is 11.2. The van der Waals surface area contributed by atoms with E-state index in [2.05, 4.69) is 22.0 Å². The number of aliphatic hydroxyl groups excluding tert-OH is 1. The van der Waals surface area contributed by atoms with E-state index in [1.54, 1.807) is 6.07 Å². The van der Waals surface area contributed by atoms with Gasteiger partial charge in [0.25, 0.3) is 0 Å². The zero-order chi connectivity index (χ0) is 15.8. The van der Waals surface area contributed by atoms with Gasteiger partial charge >= 0.3 is 0 Å². The standard InChI is InChI=1S/C18H17FN2O2/c19-13-5-6-17-15(9-13)20-18(23-17)10-21-8-7-12-3-1-2-4-14(12)16(21)11-22/h1-6,9,16,22H,7-8,10-11H2. The van der Waals surface area contributed by atoms with Crippen LogP contribution in [0.5, 0.6) is 0 Å². The summed E-state index contributed by atoms with van der Waals surface area (Å²) in [7, 11) is 0. The second-order valence-electron chi connectivity index (χ2n) is 5.84. The van der Waals surface area contributed by atoms with E-state index < -0.39 is 0 Å². The van der Waals surface area contributed by atoms with Gasteiger partial charge in [-0.15, -0.1) is 0 Å². The molecule has 0 amide bonds. The lowest BCUT2D eigenvalue weighted by Gasteiger charge is -2.35. The van der Waals surface area contributed by atoms with Crippen LogP contribution in [0.2, 0.25) is 0 Å². The molecule has 1 aliphatic rings. The van der Waals surface area contributed by atoms with Crippen LogP contribution in [0.1, 0.15) is 23.1 Å². The lowest BCUT2D eigenvalue weighted by Crippen LogP contribution is -2.36. The fourth-order valence-electron chi connectivity index (χ4n) is 3.30. The highest BCUT2D eigenvalue weighted by molar-refractivity contribution is 5.72. The molecule has 2 aromatic carbocycles. The minimum Gasteiger partial charge on any atom is -0.439 e. The maximum atomic E-state index is 13.3. The van der Waals surface area contributed by atoms with Crippen LogP contribution in [0.4, 0.5) is 4.39 Å². The zero-order valence-electron chi connectivity index (χ0n) is 12.6. The van der Waals surface area contributed by atoms with E-state index in [0.717, 1.165) is 18.5 Å². The summed E-state index contributed by atoms with van der Waals surface area (Å²) in [4.78, 5) is 6.52. The molecule has 2 heterocycles. The van der Waals surface area contributed by atoms with E-state index in [0.29, 0.717) is 23.5 Å². The van der Waals surface area contributed by atoms with Crippen LogP contribution in [-0.2, 0) is 13.0 Å².